The molecule has 0 radical (unpaired) electrons. The average Bonchev–Trinajstić information content (AvgIpc) is 2.77. The summed E-state index contributed by atoms with van der Waals surface area (Å²) < 4.78 is 7.37. The van der Waals surface area contributed by atoms with Gasteiger partial charge in [-0.15, -0.1) is 0 Å². The first-order valence-corrected chi connectivity index (χ1v) is 7.84. The normalized spacial score (nSPS) is 11.5. The molecule has 124 valence electrons. The van der Waals surface area contributed by atoms with Crippen LogP contribution in [0.25, 0.3) is 0 Å². The molecule has 0 aliphatic rings. The first-order valence-electron chi connectivity index (χ1n) is 7.46. The Labute approximate surface area is 141 Å². The number of nitrogens with zero attached hydrogens (tertiary/aromatic N) is 2. The number of anilines is 1. The number of ether oxygens (including phenoxy) is 1. The van der Waals surface area contributed by atoms with Crippen molar-refractivity contribution in [2.24, 2.45) is 0 Å². The van der Waals surface area contributed by atoms with Crippen molar-refractivity contribution in [2.45, 2.75) is 46.4 Å². The molecule has 0 bridgehead atoms. The molecular weight excluding hydrogens is 314 g/mol. The van der Waals surface area contributed by atoms with Crippen molar-refractivity contribution >= 4 is 23.2 Å². The fourth-order valence-corrected chi connectivity index (χ4v) is 2.11. The van der Waals surface area contributed by atoms with Crippen LogP contribution in [0.3, 0.4) is 0 Å². The summed E-state index contributed by atoms with van der Waals surface area (Å²) in [5.41, 5.74) is 2.22. The second kappa shape index (κ2) is 7.15. The standard InChI is InChI=1S/C17H22ClN3O2/c1-12-14(18)9-19-21(12)10-16(22)20-15-8-6-5-7-13(15)11-23-17(2,3)4/h5-9H,10-11H2,1-4H3,(H,20,22). The highest BCUT2D eigenvalue weighted by atomic mass is 35.5. The Bertz CT molecular complexity index is 689. The van der Waals surface area contributed by atoms with Gasteiger partial charge in [-0.2, -0.15) is 5.10 Å². The van der Waals surface area contributed by atoms with Gasteiger partial charge in [0.2, 0.25) is 5.91 Å². The molecule has 23 heavy (non-hydrogen) atoms. The molecule has 1 aromatic carbocycles. The summed E-state index contributed by atoms with van der Waals surface area (Å²) in [4.78, 5) is 12.2. The van der Waals surface area contributed by atoms with Crippen molar-refractivity contribution in [1.29, 1.82) is 0 Å². The molecule has 0 unspecified atom stereocenters. The lowest BCUT2D eigenvalue weighted by molar-refractivity contribution is -0.116. The number of carbonyl (C=O) groups excluding carboxylic acids is 1. The van der Waals surface area contributed by atoms with Gasteiger partial charge in [0, 0.05) is 11.3 Å². The number of amides is 1. The monoisotopic (exact) mass is 335 g/mol. The maximum absolute atomic E-state index is 12.2. The topological polar surface area (TPSA) is 56.2 Å². The molecule has 2 aromatic rings. The van der Waals surface area contributed by atoms with Crippen LogP contribution in [-0.4, -0.2) is 21.3 Å². The number of hydrogen-bond acceptors (Lipinski definition) is 3. The number of nitrogens with one attached hydrogen (secondary N) is 1. The Morgan fingerprint density at radius 1 is 1.35 bits per heavy atom. The van der Waals surface area contributed by atoms with Crippen LogP contribution >= 0.6 is 11.6 Å². The Morgan fingerprint density at radius 2 is 2.04 bits per heavy atom. The Hall–Kier alpha value is -1.85. The van der Waals surface area contributed by atoms with Crippen LogP contribution in [0.15, 0.2) is 30.5 Å². The van der Waals surface area contributed by atoms with E-state index in [2.05, 4.69) is 10.4 Å². The lowest BCUT2D eigenvalue weighted by atomic mass is 10.1. The lowest BCUT2D eigenvalue weighted by Gasteiger charge is -2.21. The molecule has 1 aromatic heterocycles. The minimum absolute atomic E-state index is 0.118. The second-order valence-electron chi connectivity index (χ2n) is 6.34. The fraction of sp³-hybridized carbons (Fsp3) is 0.412. The van der Waals surface area contributed by atoms with E-state index in [1.807, 2.05) is 52.0 Å². The van der Waals surface area contributed by atoms with E-state index < -0.39 is 0 Å². The summed E-state index contributed by atoms with van der Waals surface area (Å²) in [5.74, 6) is -0.156. The Morgan fingerprint density at radius 3 is 2.65 bits per heavy atom. The van der Waals surface area contributed by atoms with Crippen molar-refractivity contribution in [3.05, 3.63) is 46.7 Å². The van der Waals surface area contributed by atoms with E-state index in [0.717, 1.165) is 16.9 Å². The predicted octanol–water partition coefficient (Wildman–Crippen LogP) is 3.80. The first kappa shape index (κ1) is 17.5. The number of halogens is 1. The first-order chi connectivity index (χ1) is 10.8. The molecule has 1 N–H and O–H groups in total. The van der Waals surface area contributed by atoms with Gasteiger partial charge in [-0.25, -0.2) is 0 Å². The van der Waals surface area contributed by atoms with E-state index in [-0.39, 0.29) is 18.1 Å². The third-order valence-corrected chi connectivity index (χ3v) is 3.66. The molecule has 0 spiro atoms. The molecule has 0 saturated carbocycles. The summed E-state index contributed by atoms with van der Waals surface area (Å²) in [7, 11) is 0. The van der Waals surface area contributed by atoms with Crippen LogP contribution in [0.5, 0.6) is 0 Å². The summed E-state index contributed by atoms with van der Waals surface area (Å²) in [6.45, 7) is 8.38. The van der Waals surface area contributed by atoms with Gasteiger partial charge < -0.3 is 10.1 Å². The van der Waals surface area contributed by atoms with Gasteiger partial charge in [-0.05, 0) is 33.8 Å². The van der Waals surface area contributed by atoms with Crippen LogP contribution in [-0.2, 0) is 22.7 Å². The van der Waals surface area contributed by atoms with E-state index in [0.29, 0.717) is 11.6 Å². The second-order valence-corrected chi connectivity index (χ2v) is 6.75. The predicted molar refractivity (Wildman–Crippen MR) is 91.6 cm³/mol. The molecule has 5 nitrogen and oxygen atoms in total. The van der Waals surface area contributed by atoms with E-state index in [9.17, 15) is 4.79 Å². The minimum atomic E-state index is -0.236. The zero-order valence-electron chi connectivity index (χ0n) is 13.9. The smallest absolute Gasteiger partial charge is 0.246 e. The molecule has 2 rings (SSSR count). The Kier molecular flexibility index (Phi) is 5.44. The number of carbonyl (C=O) groups is 1. The van der Waals surface area contributed by atoms with Crippen LogP contribution in [0, 0.1) is 6.92 Å². The van der Waals surface area contributed by atoms with Gasteiger partial charge in [0.15, 0.2) is 0 Å². The number of benzene rings is 1. The highest BCUT2D eigenvalue weighted by molar-refractivity contribution is 6.31. The maximum Gasteiger partial charge on any atom is 0.246 e. The Balaban J connectivity index is 2.04. The molecule has 0 aliphatic heterocycles. The molecular formula is C17H22ClN3O2. The van der Waals surface area contributed by atoms with Crippen LogP contribution in [0.4, 0.5) is 5.69 Å². The SMILES string of the molecule is Cc1c(Cl)cnn1CC(=O)Nc1ccccc1COC(C)(C)C. The van der Waals surface area contributed by atoms with E-state index >= 15 is 0 Å². The summed E-state index contributed by atoms with van der Waals surface area (Å²) >= 11 is 5.95. The largest absolute Gasteiger partial charge is 0.371 e. The third-order valence-electron chi connectivity index (χ3n) is 3.29. The summed E-state index contributed by atoms with van der Waals surface area (Å²) in [6, 6.07) is 7.61. The van der Waals surface area contributed by atoms with Gasteiger partial charge in [0.1, 0.15) is 6.54 Å². The number of rotatable bonds is 5. The van der Waals surface area contributed by atoms with Crippen molar-refractivity contribution in [2.75, 3.05) is 5.32 Å². The molecule has 1 amide bonds. The van der Waals surface area contributed by atoms with Crippen molar-refractivity contribution < 1.29 is 9.53 Å². The quantitative estimate of drug-likeness (QED) is 0.904. The van der Waals surface area contributed by atoms with Crippen molar-refractivity contribution in [3.8, 4) is 0 Å². The zero-order valence-corrected chi connectivity index (χ0v) is 14.6. The highest BCUT2D eigenvalue weighted by Gasteiger charge is 2.14. The van der Waals surface area contributed by atoms with Crippen molar-refractivity contribution in [3.63, 3.8) is 0 Å². The molecule has 0 aliphatic carbocycles. The van der Waals surface area contributed by atoms with Gasteiger partial charge in [0.25, 0.3) is 0 Å². The fourth-order valence-electron chi connectivity index (χ4n) is 1.97. The van der Waals surface area contributed by atoms with Crippen molar-refractivity contribution in [1.82, 2.24) is 9.78 Å². The molecule has 6 heteroatoms. The third kappa shape index (κ3) is 5.08. The van der Waals surface area contributed by atoms with Crippen LogP contribution < -0.4 is 5.32 Å². The van der Waals surface area contributed by atoms with E-state index in [1.54, 1.807) is 4.68 Å². The van der Waals surface area contributed by atoms with Crippen LogP contribution in [0.1, 0.15) is 32.0 Å². The summed E-state index contributed by atoms with van der Waals surface area (Å²) in [5, 5.41) is 7.55. The van der Waals surface area contributed by atoms with Crippen LogP contribution in [0.2, 0.25) is 5.02 Å². The maximum atomic E-state index is 12.2. The average molecular weight is 336 g/mol. The number of aromatic nitrogens is 2. The minimum Gasteiger partial charge on any atom is -0.371 e. The van der Waals surface area contributed by atoms with Gasteiger partial charge in [-0.3, -0.25) is 9.48 Å². The molecule has 0 fully saturated rings. The molecule has 1 heterocycles. The molecule has 0 atom stereocenters. The number of para-hydroxylation sites is 1. The lowest BCUT2D eigenvalue weighted by Crippen LogP contribution is -2.22. The zero-order chi connectivity index (χ0) is 17.0. The highest BCUT2D eigenvalue weighted by Crippen LogP contribution is 2.20. The number of hydrogen-bond donors (Lipinski definition) is 1. The van der Waals surface area contributed by atoms with Gasteiger partial charge in [0.05, 0.1) is 29.1 Å². The van der Waals surface area contributed by atoms with E-state index in [1.165, 1.54) is 6.20 Å². The van der Waals surface area contributed by atoms with E-state index in [4.69, 9.17) is 16.3 Å². The van der Waals surface area contributed by atoms with Gasteiger partial charge >= 0.3 is 0 Å². The summed E-state index contributed by atoms with van der Waals surface area (Å²) in [6.07, 6.45) is 1.54. The molecule has 0 saturated heterocycles. The van der Waals surface area contributed by atoms with Gasteiger partial charge in [-0.1, -0.05) is 29.8 Å².